The van der Waals surface area contributed by atoms with Crippen molar-refractivity contribution < 1.29 is 9.53 Å². The van der Waals surface area contributed by atoms with Crippen LogP contribution in [0.3, 0.4) is 0 Å². The van der Waals surface area contributed by atoms with Gasteiger partial charge in [0.2, 0.25) is 0 Å². The fraction of sp³-hybridized carbons (Fsp3) is 0.417. The average molecular weight is 389 g/mol. The minimum absolute atomic E-state index is 0.0290. The number of nitriles is 1. The highest BCUT2D eigenvalue weighted by Gasteiger charge is 2.22. The van der Waals surface area contributed by atoms with Gasteiger partial charge in [-0.25, -0.2) is 0 Å². The molecule has 0 radical (unpaired) electrons. The molecule has 1 saturated carbocycles. The lowest BCUT2D eigenvalue weighted by molar-refractivity contribution is 0.0930. The van der Waals surface area contributed by atoms with Crippen LogP contribution in [0.15, 0.2) is 48.5 Å². The van der Waals surface area contributed by atoms with Crippen LogP contribution in [0, 0.1) is 11.3 Å². The van der Waals surface area contributed by atoms with Crippen LogP contribution in [-0.2, 0) is 0 Å². The number of hydrogen-bond donors (Lipinski definition) is 1. The van der Waals surface area contributed by atoms with Crippen LogP contribution in [0.5, 0.6) is 5.75 Å². The number of ether oxygens (including phenoxy) is 1. The lowest BCUT2D eigenvalue weighted by atomic mass is 10.0. The van der Waals surface area contributed by atoms with Crippen molar-refractivity contribution in [2.24, 2.45) is 0 Å². The van der Waals surface area contributed by atoms with Crippen molar-refractivity contribution in [2.75, 3.05) is 18.0 Å². The Morgan fingerprint density at radius 2 is 1.76 bits per heavy atom. The number of benzene rings is 2. The van der Waals surface area contributed by atoms with Crippen molar-refractivity contribution in [3.8, 4) is 11.8 Å². The number of anilines is 1. The van der Waals surface area contributed by atoms with E-state index in [-0.39, 0.29) is 11.9 Å². The van der Waals surface area contributed by atoms with Gasteiger partial charge in [0, 0.05) is 30.4 Å². The predicted molar refractivity (Wildman–Crippen MR) is 113 cm³/mol. The van der Waals surface area contributed by atoms with E-state index in [9.17, 15) is 4.79 Å². The summed E-state index contributed by atoms with van der Waals surface area (Å²) in [6.07, 6.45) is 6.77. The molecule has 0 spiro atoms. The summed E-state index contributed by atoms with van der Waals surface area (Å²) in [5, 5.41) is 12.1. The fourth-order valence-corrected chi connectivity index (χ4v) is 4.21. The summed E-state index contributed by atoms with van der Waals surface area (Å²) in [5.74, 6) is 0.763. The number of carbonyl (C=O) groups excluding carboxylic acids is 1. The zero-order valence-corrected chi connectivity index (χ0v) is 16.6. The SMILES string of the molecule is N#Cc1ccc(N2CCC(NC(=O)c3cccc(OC4CCCC4)c3)CC2)cc1. The van der Waals surface area contributed by atoms with Crippen molar-refractivity contribution in [2.45, 2.75) is 50.7 Å². The first-order chi connectivity index (χ1) is 14.2. The molecule has 0 aromatic heterocycles. The summed E-state index contributed by atoms with van der Waals surface area (Å²) >= 11 is 0. The van der Waals surface area contributed by atoms with E-state index < -0.39 is 0 Å². The quantitative estimate of drug-likeness (QED) is 0.829. The number of rotatable bonds is 5. The molecule has 1 saturated heterocycles. The molecule has 150 valence electrons. The first kappa shape index (κ1) is 19.3. The monoisotopic (exact) mass is 389 g/mol. The lowest BCUT2D eigenvalue weighted by Crippen LogP contribution is -2.44. The maximum absolute atomic E-state index is 12.7. The zero-order valence-electron chi connectivity index (χ0n) is 16.6. The normalized spacial score (nSPS) is 17.7. The third kappa shape index (κ3) is 4.89. The van der Waals surface area contributed by atoms with Crippen LogP contribution < -0.4 is 15.0 Å². The van der Waals surface area contributed by atoms with E-state index in [0.717, 1.165) is 50.2 Å². The van der Waals surface area contributed by atoms with Gasteiger partial charge in [-0.1, -0.05) is 6.07 Å². The highest BCUT2D eigenvalue weighted by molar-refractivity contribution is 5.94. The summed E-state index contributed by atoms with van der Waals surface area (Å²) in [6, 6.07) is 17.6. The van der Waals surface area contributed by atoms with Crippen LogP contribution >= 0.6 is 0 Å². The number of amides is 1. The van der Waals surface area contributed by atoms with Crippen LogP contribution in [-0.4, -0.2) is 31.1 Å². The minimum atomic E-state index is -0.0290. The second kappa shape index (κ2) is 9.00. The van der Waals surface area contributed by atoms with Crippen molar-refractivity contribution in [1.82, 2.24) is 5.32 Å². The molecule has 0 bridgehead atoms. The molecule has 2 aromatic rings. The van der Waals surface area contributed by atoms with Gasteiger partial charge in [-0.05, 0) is 81.0 Å². The molecule has 1 N–H and O–H groups in total. The molecule has 1 heterocycles. The highest BCUT2D eigenvalue weighted by Crippen LogP contribution is 2.25. The maximum Gasteiger partial charge on any atom is 0.251 e. The van der Waals surface area contributed by atoms with E-state index in [2.05, 4.69) is 16.3 Å². The predicted octanol–water partition coefficient (Wildman–Crippen LogP) is 4.28. The summed E-state index contributed by atoms with van der Waals surface area (Å²) in [6.45, 7) is 1.78. The van der Waals surface area contributed by atoms with Gasteiger partial charge in [0.1, 0.15) is 5.75 Å². The van der Waals surface area contributed by atoms with Gasteiger partial charge in [0.05, 0.1) is 17.7 Å². The Hall–Kier alpha value is -3.00. The molecule has 0 unspecified atom stereocenters. The molecular formula is C24H27N3O2. The van der Waals surface area contributed by atoms with Crippen molar-refractivity contribution in [1.29, 1.82) is 5.26 Å². The Labute approximate surface area is 172 Å². The molecule has 5 heteroatoms. The molecule has 5 nitrogen and oxygen atoms in total. The number of piperidine rings is 1. The highest BCUT2D eigenvalue weighted by atomic mass is 16.5. The van der Waals surface area contributed by atoms with Crippen molar-refractivity contribution in [3.63, 3.8) is 0 Å². The summed E-state index contributed by atoms with van der Waals surface area (Å²) in [5.41, 5.74) is 2.47. The van der Waals surface area contributed by atoms with Gasteiger partial charge >= 0.3 is 0 Å². The van der Waals surface area contributed by atoms with Crippen LogP contribution in [0.2, 0.25) is 0 Å². The molecule has 2 aromatic carbocycles. The topological polar surface area (TPSA) is 65.4 Å². The van der Waals surface area contributed by atoms with Gasteiger partial charge in [-0.2, -0.15) is 5.26 Å². The second-order valence-electron chi connectivity index (χ2n) is 7.95. The Kier molecular flexibility index (Phi) is 6.00. The van der Waals surface area contributed by atoms with E-state index in [1.165, 1.54) is 12.8 Å². The molecule has 4 rings (SSSR count). The van der Waals surface area contributed by atoms with E-state index in [0.29, 0.717) is 17.2 Å². The maximum atomic E-state index is 12.7. The Balaban J connectivity index is 1.29. The smallest absolute Gasteiger partial charge is 0.251 e. The first-order valence-electron chi connectivity index (χ1n) is 10.5. The Bertz CT molecular complexity index is 874. The second-order valence-corrected chi connectivity index (χ2v) is 7.95. The van der Waals surface area contributed by atoms with Crippen molar-refractivity contribution >= 4 is 11.6 Å². The van der Waals surface area contributed by atoms with E-state index >= 15 is 0 Å². The van der Waals surface area contributed by atoms with E-state index in [1.807, 2.05) is 48.5 Å². The third-order valence-corrected chi connectivity index (χ3v) is 5.89. The molecule has 1 aliphatic heterocycles. The summed E-state index contributed by atoms with van der Waals surface area (Å²) < 4.78 is 6.03. The van der Waals surface area contributed by atoms with Gasteiger partial charge in [-0.3, -0.25) is 4.79 Å². The molecule has 1 amide bonds. The molecule has 2 fully saturated rings. The van der Waals surface area contributed by atoms with Crippen LogP contribution in [0.25, 0.3) is 0 Å². The van der Waals surface area contributed by atoms with Crippen molar-refractivity contribution in [3.05, 3.63) is 59.7 Å². The molecule has 0 atom stereocenters. The molecule has 2 aliphatic rings. The van der Waals surface area contributed by atoms with Gasteiger partial charge < -0.3 is 15.0 Å². The standard InChI is InChI=1S/C24H27N3O2/c25-17-18-8-10-21(11-9-18)27-14-12-20(13-15-27)26-24(28)19-4-3-7-23(16-19)29-22-5-1-2-6-22/h3-4,7-11,16,20,22H,1-2,5-6,12-15H2,(H,26,28). The number of carbonyl (C=O) groups is 1. The Morgan fingerprint density at radius 1 is 1.03 bits per heavy atom. The minimum Gasteiger partial charge on any atom is -0.490 e. The lowest BCUT2D eigenvalue weighted by Gasteiger charge is -2.34. The van der Waals surface area contributed by atoms with Gasteiger partial charge in [0.15, 0.2) is 0 Å². The van der Waals surface area contributed by atoms with Gasteiger partial charge in [0.25, 0.3) is 5.91 Å². The summed E-state index contributed by atoms with van der Waals surface area (Å²) in [7, 11) is 0. The van der Waals surface area contributed by atoms with E-state index in [4.69, 9.17) is 10.00 Å². The molecule has 29 heavy (non-hydrogen) atoms. The Morgan fingerprint density at radius 3 is 2.45 bits per heavy atom. The average Bonchev–Trinajstić information content (AvgIpc) is 3.27. The molecule has 1 aliphatic carbocycles. The van der Waals surface area contributed by atoms with E-state index in [1.54, 1.807) is 0 Å². The third-order valence-electron chi connectivity index (χ3n) is 5.89. The fourth-order valence-electron chi connectivity index (χ4n) is 4.21. The number of nitrogens with one attached hydrogen (secondary N) is 1. The summed E-state index contributed by atoms with van der Waals surface area (Å²) in [4.78, 5) is 15.0. The number of nitrogens with zero attached hydrogens (tertiary/aromatic N) is 2. The zero-order chi connectivity index (χ0) is 20.1. The van der Waals surface area contributed by atoms with Crippen LogP contribution in [0.1, 0.15) is 54.4 Å². The first-order valence-corrected chi connectivity index (χ1v) is 10.5. The van der Waals surface area contributed by atoms with Gasteiger partial charge in [-0.15, -0.1) is 0 Å². The number of hydrogen-bond acceptors (Lipinski definition) is 4. The molecular weight excluding hydrogens is 362 g/mol. The van der Waals surface area contributed by atoms with Crippen LogP contribution in [0.4, 0.5) is 5.69 Å². The largest absolute Gasteiger partial charge is 0.490 e.